The molecule has 114 valence electrons. The van der Waals surface area contributed by atoms with E-state index in [1.165, 1.54) is 11.3 Å². The van der Waals surface area contributed by atoms with Crippen LogP contribution in [0, 0.1) is 12.8 Å². The lowest BCUT2D eigenvalue weighted by atomic mass is 9.94. The van der Waals surface area contributed by atoms with Gasteiger partial charge >= 0.3 is 0 Å². The van der Waals surface area contributed by atoms with Crippen molar-refractivity contribution in [2.45, 2.75) is 19.8 Å². The normalized spacial score (nSPS) is 12.6. The van der Waals surface area contributed by atoms with E-state index in [9.17, 15) is 0 Å². The zero-order chi connectivity index (χ0) is 15.4. The number of hydrogen-bond acceptors (Lipinski definition) is 2. The highest BCUT2D eigenvalue weighted by Gasteiger charge is 2.17. The molecule has 1 atom stereocenters. The Balaban J connectivity index is 2.15. The van der Waals surface area contributed by atoms with E-state index >= 15 is 0 Å². The van der Waals surface area contributed by atoms with Gasteiger partial charge in [0.1, 0.15) is 0 Å². The van der Waals surface area contributed by atoms with Crippen LogP contribution in [0.3, 0.4) is 0 Å². The lowest BCUT2D eigenvalue weighted by molar-refractivity contribution is 0.476. The molecular formula is C16H21Br2N3. The van der Waals surface area contributed by atoms with E-state index in [0.29, 0.717) is 5.92 Å². The van der Waals surface area contributed by atoms with Crippen LogP contribution in [0.25, 0.3) is 0 Å². The van der Waals surface area contributed by atoms with Crippen LogP contribution in [-0.4, -0.2) is 23.4 Å². The molecule has 0 fully saturated rings. The van der Waals surface area contributed by atoms with Crippen molar-refractivity contribution in [2.24, 2.45) is 13.0 Å². The average Bonchev–Trinajstić information content (AvgIpc) is 2.66. The summed E-state index contributed by atoms with van der Waals surface area (Å²) in [6.45, 7) is 3.03. The Kier molecular flexibility index (Phi) is 6.02. The van der Waals surface area contributed by atoms with Gasteiger partial charge < -0.3 is 5.32 Å². The van der Waals surface area contributed by atoms with Crippen LogP contribution < -0.4 is 5.32 Å². The Morgan fingerprint density at radius 2 is 2.05 bits per heavy atom. The number of halogens is 2. The summed E-state index contributed by atoms with van der Waals surface area (Å²) < 4.78 is 4.27. The largest absolute Gasteiger partial charge is 0.319 e. The van der Waals surface area contributed by atoms with Crippen molar-refractivity contribution < 1.29 is 0 Å². The molecule has 1 N–H and O–H groups in total. The zero-order valence-electron chi connectivity index (χ0n) is 12.7. The third kappa shape index (κ3) is 4.41. The van der Waals surface area contributed by atoms with Crippen molar-refractivity contribution in [3.63, 3.8) is 0 Å². The fourth-order valence-corrected chi connectivity index (χ4v) is 3.62. The summed E-state index contributed by atoms with van der Waals surface area (Å²) in [5.41, 5.74) is 3.68. The molecular weight excluding hydrogens is 394 g/mol. The van der Waals surface area contributed by atoms with Gasteiger partial charge in [0.05, 0.1) is 15.9 Å². The Morgan fingerprint density at radius 1 is 1.29 bits per heavy atom. The van der Waals surface area contributed by atoms with E-state index in [2.05, 4.69) is 66.5 Å². The molecule has 2 aromatic rings. The van der Waals surface area contributed by atoms with E-state index < -0.39 is 0 Å². The molecule has 0 spiro atoms. The monoisotopic (exact) mass is 413 g/mol. The Morgan fingerprint density at radius 3 is 2.62 bits per heavy atom. The molecule has 0 amide bonds. The number of hydrogen-bond donors (Lipinski definition) is 1. The second-order valence-electron chi connectivity index (χ2n) is 5.43. The minimum atomic E-state index is 0.537. The predicted molar refractivity (Wildman–Crippen MR) is 94.6 cm³/mol. The van der Waals surface area contributed by atoms with Crippen LogP contribution in [-0.2, 0) is 19.9 Å². The van der Waals surface area contributed by atoms with Crippen LogP contribution in [0.4, 0.5) is 0 Å². The Bertz CT molecular complexity index is 608. The smallest absolute Gasteiger partial charge is 0.0738 e. The molecule has 1 heterocycles. The third-order valence-corrected chi connectivity index (χ3v) is 5.17. The number of nitrogens with zero attached hydrogens (tertiary/aromatic N) is 2. The molecule has 0 radical (unpaired) electrons. The van der Waals surface area contributed by atoms with Gasteiger partial charge in [-0.2, -0.15) is 5.10 Å². The van der Waals surface area contributed by atoms with Gasteiger partial charge in [-0.05, 0) is 72.9 Å². The summed E-state index contributed by atoms with van der Waals surface area (Å²) in [4.78, 5) is 0. The highest BCUT2D eigenvalue weighted by molar-refractivity contribution is 9.10. The number of nitrogens with one attached hydrogen (secondary N) is 1. The average molecular weight is 415 g/mol. The highest BCUT2D eigenvalue weighted by atomic mass is 79.9. The van der Waals surface area contributed by atoms with Gasteiger partial charge in [0.2, 0.25) is 0 Å². The minimum Gasteiger partial charge on any atom is -0.319 e. The third-order valence-electron chi connectivity index (χ3n) is 3.65. The summed E-state index contributed by atoms with van der Waals surface area (Å²) in [7, 11) is 4.03. The van der Waals surface area contributed by atoms with E-state index in [1.54, 1.807) is 0 Å². The SMILES string of the molecule is CNCC(Cc1cccc(Br)c1)Cc1c(Br)c(C)nn1C. The number of benzene rings is 1. The minimum absolute atomic E-state index is 0.537. The lowest BCUT2D eigenvalue weighted by Gasteiger charge is -2.17. The first-order valence-corrected chi connectivity index (χ1v) is 8.67. The van der Waals surface area contributed by atoms with E-state index in [4.69, 9.17) is 0 Å². The van der Waals surface area contributed by atoms with Gasteiger partial charge in [-0.25, -0.2) is 0 Å². The standard InChI is InChI=1S/C16H21Br2N3/c1-11-16(18)15(21(3)20-11)9-13(10-19-2)7-12-5-4-6-14(17)8-12/h4-6,8,13,19H,7,9-10H2,1-3H3. The molecule has 1 aromatic carbocycles. The Hall–Kier alpha value is -0.650. The molecule has 1 unspecified atom stereocenters. The fraction of sp³-hybridized carbons (Fsp3) is 0.438. The molecule has 0 saturated heterocycles. The maximum absolute atomic E-state index is 4.49. The molecule has 0 bridgehead atoms. The molecule has 3 nitrogen and oxygen atoms in total. The first-order chi connectivity index (χ1) is 10.0. The van der Waals surface area contributed by atoms with Gasteiger partial charge in [0, 0.05) is 11.5 Å². The maximum Gasteiger partial charge on any atom is 0.0738 e. The van der Waals surface area contributed by atoms with Gasteiger partial charge in [-0.1, -0.05) is 28.1 Å². The van der Waals surface area contributed by atoms with Gasteiger partial charge in [-0.15, -0.1) is 0 Å². The second-order valence-corrected chi connectivity index (χ2v) is 7.14. The van der Waals surface area contributed by atoms with Gasteiger partial charge in [0.15, 0.2) is 0 Å². The summed E-state index contributed by atoms with van der Waals surface area (Å²) in [6.07, 6.45) is 2.06. The van der Waals surface area contributed by atoms with Crippen LogP contribution in [0.15, 0.2) is 33.2 Å². The molecule has 0 aliphatic carbocycles. The van der Waals surface area contributed by atoms with E-state index in [-0.39, 0.29) is 0 Å². The van der Waals surface area contributed by atoms with Crippen LogP contribution in [0.2, 0.25) is 0 Å². The van der Waals surface area contributed by atoms with Crippen LogP contribution >= 0.6 is 31.9 Å². The van der Waals surface area contributed by atoms with Crippen LogP contribution in [0.1, 0.15) is 17.0 Å². The molecule has 2 rings (SSSR count). The summed E-state index contributed by atoms with van der Waals surface area (Å²) in [5, 5.41) is 7.80. The maximum atomic E-state index is 4.49. The van der Waals surface area contributed by atoms with Crippen molar-refractivity contribution in [2.75, 3.05) is 13.6 Å². The van der Waals surface area contributed by atoms with Crippen LogP contribution in [0.5, 0.6) is 0 Å². The zero-order valence-corrected chi connectivity index (χ0v) is 15.8. The Labute approximate surface area is 143 Å². The van der Waals surface area contributed by atoms with Gasteiger partial charge in [0.25, 0.3) is 0 Å². The molecule has 0 aliphatic heterocycles. The molecule has 0 saturated carbocycles. The van der Waals surface area contributed by atoms with E-state index in [0.717, 1.165) is 34.0 Å². The van der Waals surface area contributed by atoms with Crippen molar-refractivity contribution in [3.8, 4) is 0 Å². The van der Waals surface area contributed by atoms with Crippen molar-refractivity contribution in [1.29, 1.82) is 0 Å². The summed E-state index contributed by atoms with van der Waals surface area (Å²) in [6, 6.07) is 8.56. The first kappa shape index (κ1) is 16.7. The number of rotatable bonds is 6. The van der Waals surface area contributed by atoms with Gasteiger partial charge in [-0.3, -0.25) is 4.68 Å². The molecule has 5 heteroatoms. The fourth-order valence-electron chi connectivity index (χ4n) is 2.68. The lowest BCUT2D eigenvalue weighted by Crippen LogP contribution is -2.23. The quantitative estimate of drug-likeness (QED) is 0.777. The summed E-state index contributed by atoms with van der Waals surface area (Å²) in [5.74, 6) is 0.537. The second kappa shape index (κ2) is 7.56. The topological polar surface area (TPSA) is 29.9 Å². The van der Waals surface area contributed by atoms with Crippen molar-refractivity contribution in [3.05, 3.63) is 50.2 Å². The number of aryl methyl sites for hydroxylation is 2. The summed E-state index contributed by atoms with van der Waals surface area (Å²) >= 11 is 7.21. The van der Waals surface area contributed by atoms with E-state index in [1.807, 2.05) is 25.7 Å². The number of aromatic nitrogens is 2. The first-order valence-electron chi connectivity index (χ1n) is 7.08. The predicted octanol–water partition coefficient (Wildman–Crippen LogP) is 3.87. The highest BCUT2D eigenvalue weighted by Crippen LogP contribution is 2.24. The van der Waals surface area contributed by atoms with Crippen molar-refractivity contribution >= 4 is 31.9 Å². The molecule has 21 heavy (non-hydrogen) atoms. The molecule has 1 aromatic heterocycles. The molecule has 0 aliphatic rings. The van der Waals surface area contributed by atoms with Crippen molar-refractivity contribution in [1.82, 2.24) is 15.1 Å².